The fraction of sp³-hybridized carbons (Fsp3) is 0.278. The van der Waals surface area contributed by atoms with Gasteiger partial charge in [-0.05, 0) is 49.1 Å². The number of anilines is 2. The second kappa shape index (κ2) is 6.69. The van der Waals surface area contributed by atoms with Gasteiger partial charge in [0, 0.05) is 17.4 Å². The van der Waals surface area contributed by atoms with E-state index in [2.05, 4.69) is 5.32 Å². The van der Waals surface area contributed by atoms with Crippen LogP contribution in [-0.2, 0) is 11.2 Å². The molecule has 0 aliphatic heterocycles. The second-order valence-electron chi connectivity index (χ2n) is 5.78. The van der Waals surface area contributed by atoms with Crippen molar-refractivity contribution >= 4 is 17.3 Å². The molecule has 0 spiro atoms. The lowest BCUT2D eigenvalue weighted by atomic mass is 9.96. The van der Waals surface area contributed by atoms with Crippen molar-refractivity contribution in [2.75, 3.05) is 11.1 Å². The molecule has 23 heavy (non-hydrogen) atoms. The Labute approximate surface area is 134 Å². The molecule has 0 unspecified atom stereocenters. The lowest BCUT2D eigenvalue weighted by Crippen LogP contribution is -2.25. The third kappa shape index (κ3) is 4.00. The molecule has 1 aliphatic rings. The van der Waals surface area contributed by atoms with Gasteiger partial charge in [0.15, 0.2) is 11.6 Å². The van der Waals surface area contributed by atoms with Crippen LogP contribution >= 0.6 is 0 Å². The molecule has 2 aromatic rings. The average Bonchev–Trinajstić information content (AvgIpc) is 2.47. The summed E-state index contributed by atoms with van der Waals surface area (Å²) in [6.45, 7) is 0. The number of rotatable bonds is 5. The van der Waals surface area contributed by atoms with Gasteiger partial charge in [-0.3, -0.25) is 4.79 Å². The molecule has 1 saturated carbocycles. The summed E-state index contributed by atoms with van der Waals surface area (Å²) in [4.78, 5) is 12.0. The summed E-state index contributed by atoms with van der Waals surface area (Å²) in [6.07, 6.45) is 3.41. The minimum atomic E-state index is -0.456. The molecule has 2 aromatic carbocycles. The van der Waals surface area contributed by atoms with Crippen molar-refractivity contribution in [1.29, 1.82) is 0 Å². The van der Waals surface area contributed by atoms with E-state index in [1.165, 1.54) is 6.07 Å². The number of hydrogen-bond donors (Lipinski definition) is 2. The number of carbonyl (C=O) groups excluding carboxylic acids is 1. The van der Waals surface area contributed by atoms with Crippen molar-refractivity contribution < 1.29 is 13.9 Å². The Morgan fingerprint density at radius 2 is 1.96 bits per heavy atom. The monoisotopic (exact) mass is 314 g/mol. The molecule has 3 N–H and O–H groups in total. The average molecular weight is 314 g/mol. The highest BCUT2D eigenvalue weighted by atomic mass is 19.1. The molecule has 0 radical (unpaired) electrons. The van der Waals surface area contributed by atoms with Crippen molar-refractivity contribution in [1.82, 2.24) is 0 Å². The summed E-state index contributed by atoms with van der Waals surface area (Å²) in [6, 6.07) is 11.6. The van der Waals surface area contributed by atoms with E-state index < -0.39 is 5.82 Å². The summed E-state index contributed by atoms with van der Waals surface area (Å²) >= 11 is 0. The first-order valence-corrected chi connectivity index (χ1v) is 7.70. The summed E-state index contributed by atoms with van der Waals surface area (Å²) in [7, 11) is 0. The molecule has 0 heterocycles. The highest BCUT2D eigenvalue weighted by Crippen LogP contribution is 2.28. The van der Waals surface area contributed by atoms with Gasteiger partial charge in [0.2, 0.25) is 5.91 Å². The standard InChI is InChI=1S/C18H19FN2O2/c19-16-11-14(8-9-17(16)23-15-2-1-3-15)21-18(22)10-12-4-6-13(20)7-5-12/h4-9,11,15H,1-3,10,20H2,(H,21,22). The Morgan fingerprint density at radius 3 is 2.57 bits per heavy atom. The third-order valence-electron chi connectivity index (χ3n) is 3.91. The SMILES string of the molecule is Nc1ccc(CC(=O)Nc2ccc(OC3CCC3)c(F)c2)cc1. The van der Waals surface area contributed by atoms with Crippen LogP contribution in [0.3, 0.4) is 0 Å². The van der Waals surface area contributed by atoms with E-state index in [0.29, 0.717) is 11.4 Å². The highest BCUT2D eigenvalue weighted by molar-refractivity contribution is 5.92. The number of nitrogens with one attached hydrogen (secondary N) is 1. The molecule has 120 valence electrons. The van der Waals surface area contributed by atoms with Crippen LogP contribution in [0.2, 0.25) is 0 Å². The molecule has 1 aliphatic carbocycles. The molecule has 0 aromatic heterocycles. The van der Waals surface area contributed by atoms with Gasteiger partial charge in [0.1, 0.15) is 0 Å². The number of nitrogen functional groups attached to an aromatic ring is 1. The van der Waals surface area contributed by atoms with Gasteiger partial charge in [-0.25, -0.2) is 4.39 Å². The van der Waals surface area contributed by atoms with Gasteiger partial charge in [-0.15, -0.1) is 0 Å². The van der Waals surface area contributed by atoms with Gasteiger partial charge in [-0.1, -0.05) is 12.1 Å². The Kier molecular flexibility index (Phi) is 4.46. The Hall–Kier alpha value is -2.56. The summed E-state index contributed by atoms with van der Waals surface area (Å²) in [5.74, 6) is -0.421. The molecular weight excluding hydrogens is 295 g/mol. The quantitative estimate of drug-likeness (QED) is 0.830. The Morgan fingerprint density at radius 1 is 1.22 bits per heavy atom. The number of nitrogens with two attached hydrogens (primary N) is 1. The van der Waals surface area contributed by atoms with Gasteiger partial charge in [0.25, 0.3) is 0 Å². The van der Waals surface area contributed by atoms with Crippen LogP contribution in [0.1, 0.15) is 24.8 Å². The largest absolute Gasteiger partial charge is 0.487 e. The smallest absolute Gasteiger partial charge is 0.228 e. The van der Waals surface area contributed by atoms with E-state index in [0.717, 1.165) is 24.8 Å². The number of amides is 1. The lowest BCUT2D eigenvalue weighted by molar-refractivity contribution is -0.115. The van der Waals surface area contributed by atoms with Crippen LogP contribution in [0.4, 0.5) is 15.8 Å². The first-order valence-electron chi connectivity index (χ1n) is 7.70. The van der Waals surface area contributed by atoms with E-state index in [4.69, 9.17) is 10.5 Å². The summed E-state index contributed by atoms with van der Waals surface area (Å²) < 4.78 is 19.6. The van der Waals surface area contributed by atoms with Crippen LogP contribution in [0.15, 0.2) is 42.5 Å². The van der Waals surface area contributed by atoms with Gasteiger partial charge >= 0.3 is 0 Å². The molecule has 0 saturated heterocycles. The molecule has 0 atom stereocenters. The van der Waals surface area contributed by atoms with Crippen LogP contribution in [-0.4, -0.2) is 12.0 Å². The van der Waals surface area contributed by atoms with Crippen LogP contribution in [0.5, 0.6) is 5.75 Å². The highest BCUT2D eigenvalue weighted by Gasteiger charge is 2.20. The first-order chi connectivity index (χ1) is 11.1. The van der Waals surface area contributed by atoms with Crippen LogP contribution in [0, 0.1) is 5.82 Å². The Balaban J connectivity index is 1.59. The maximum absolute atomic E-state index is 14.0. The minimum absolute atomic E-state index is 0.121. The molecule has 5 heteroatoms. The zero-order valence-electron chi connectivity index (χ0n) is 12.7. The summed E-state index contributed by atoms with van der Waals surface area (Å²) in [5.41, 5.74) is 7.53. The molecule has 3 rings (SSSR count). The number of ether oxygens (including phenoxy) is 1. The molecule has 1 fully saturated rings. The molecule has 4 nitrogen and oxygen atoms in total. The number of hydrogen-bond acceptors (Lipinski definition) is 3. The molecular formula is C18H19FN2O2. The lowest BCUT2D eigenvalue weighted by Gasteiger charge is -2.26. The van der Waals surface area contributed by atoms with Crippen LogP contribution < -0.4 is 15.8 Å². The van der Waals surface area contributed by atoms with E-state index in [1.807, 2.05) is 0 Å². The van der Waals surface area contributed by atoms with E-state index in [-0.39, 0.29) is 24.2 Å². The molecule has 1 amide bonds. The van der Waals surface area contributed by atoms with E-state index in [1.54, 1.807) is 36.4 Å². The summed E-state index contributed by atoms with van der Waals surface area (Å²) in [5, 5.41) is 2.69. The van der Waals surface area contributed by atoms with Crippen molar-refractivity contribution in [3.63, 3.8) is 0 Å². The van der Waals surface area contributed by atoms with Crippen molar-refractivity contribution in [3.8, 4) is 5.75 Å². The fourth-order valence-corrected chi connectivity index (χ4v) is 2.37. The topological polar surface area (TPSA) is 64.4 Å². The zero-order valence-corrected chi connectivity index (χ0v) is 12.7. The predicted octanol–water partition coefficient (Wildman–Crippen LogP) is 3.52. The third-order valence-corrected chi connectivity index (χ3v) is 3.91. The number of halogens is 1. The van der Waals surface area contributed by atoms with E-state index in [9.17, 15) is 9.18 Å². The zero-order chi connectivity index (χ0) is 16.2. The van der Waals surface area contributed by atoms with Crippen molar-refractivity contribution in [3.05, 3.63) is 53.8 Å². The number of benzene rings is 2. The van der Waals surface area contributed by atoms with E-state index >= 15 is 0 Å². The number of carbonyl (C=O) groups is 1. The van der Waals surface area contributed by atoms with Crippen molar-refractivity contribution in [2.24, 2.45) is 0 Å². The predicted molar refractivity (Wildman–Crippen MR) is 87.9 cm³/mol. The van der Waals surface area contributed by atoms with Gasteiger partial charge in [-0.2, -0.15) is 0 Å². The maximum Gasteiger partial charge on any atom is 0.228 e. The first kappa shape index (κ1) is 15.3. The van der Waals surface area contributed by atoms with Gasteiger partial charge < -0.3 is 15.8 Å². The van der Waals surface area contributed by atoms with Crippen molar-refractivity contribution in [2.45, 2.75) is 31.8 Å². The fourth-order valence-electron chi connectivity index (χ4n) is 2.37. The maximum atomic E-state index is 14.0. The molecule has 0 bridgehead atoms. The van der Waals surface area contributed by atoms with Crippen LogP contribution in [0.25, 0.3) is 0 Å². The van der Waals surface area contributed by atoms with Gasteiger partial charge in [0.05, 0.1) is 12.5 Å². The Bertz CT molecular complexity index is 697. The second-order valence-corrected chi connectivity index (χ2v) is 5.78. The normalized spacial score (nSPS) is 14.1. The minimum Gasteiger partial charge on any atom is -0.487 e.